The summed E-state index contributed by atoms with van der Waals surface area (Å²) in [5.74, 6) is 0. The smallest absolute Gasteiger partial charge is 0.223 e. The van der Waals surface area contributed by atoms with Crippen LogP contribution < -0.4 is 0 Å². The highest BCUT2D eigenvalue weighted by atomic mass is 32.2. The number of benzene rings is 1. The Morgan fingerprint density at radius 2 is 1.83 bits per heavy atom. The molecule has 23 heavy (non-hydrogen) atoms. The van der Waals surface area contributed by atoms with Gasteiger partial charge in [0.2, 0.25) is 5.12 Å². The van der Waals surface area contributed by atoms with Crippen LogP contribution in [-0.2, 0) is 9.22 Å². The first-order valence-electron chi connectivity index (χ1n) is 8.21. The van der Waals surface area contributed by atoms with E-state index in [1.807, 2.05) is 37.3 Å². The van der Waals surface area contributed by atoms with Crippen molar-refractivity contribution in [1.29, 1.82) is 0 Å². The maximum Gasteiger partial charge on any atom is 0.223 e. The molecule has 130 valence electrons. The van der Waals surface area contributed by atoms with E-state index < -0.39 is 20.5 Å². The average molecular weight is 355 g/mol. The number of hydrogen-bond acceptors (Lipinski definition) is 4. The Kier molecular flexibility index (Phi) is 7.52. The van der Waals surface area contributed by atoms with E-state index in [1.165, 1.54) is 0 Å². The number of aliphatic hydroxyl groups is 1. The summed E-state index contributed by atoms with van der Waals surface area (Å²) in [5.41, 5.74) is 0. The molecule has 1 N–H and O–H groups in total. The molecule has 0 saturated carbocycles. The minimum atomic E-state index is -2.13. The third-order valence-corrected chi connectivity index (χ3v) is 9.75. The van der Waals surface area contributed by atoms with Gasteiger partial charge in [-0.05, 0) is 48.4 Å². The lowest BCUT2D eigenvalue weighted by molar-refractivity contribution is -0.122. The number of thioether (sulfide) groups is 1. The van der Waals surface area contributed by atoms with Gasteiger partial charge < -0.3 is 9.53 Å². The highest BCUT2D eigenvalue weighted by Gasteiger charge is 2.42. The fourth-order valence-corrected chi connectivity index (χ4v) is 4.07. The summed E-state index contributed by atoms with van der Waals surface area (Å²) in [6, 6.07) is 9.53. The van der Waals surface area contributed by atoms with Gasteiger partial charge in [-0.3, -0.25) is 4.79 Å². The average Bonchev–Trinajstić information content (AvgIpc) is 2.44. The van der Waals surface area contributed by atoms with Crippen molar-refractivity contribution in [2.24, 2.45) is 0 Å². The first-order chi connectivity index (χ1) is 10.6. The van der Waals surface area contributed by atoms with Crippen LogP contribution in [0.3, 0.4) is 0 Å². The lowest BCUT2D eigenvalue weighted by Crippen LogP contribution is -2.49. The first kappa shape index (κ1) is 20.4. The van der Waals surface area contributed by atoms with Gasteiger partial charge in [0.05, 0.1) is 6.10 Å². The van der Waals surface area contributed by atoms with Crippen LogP contribution >= 0.6 is 11.8 Å². The van der Waals surface area contributed by atoms with Crippen molar-refractivity contribution in [3.05, 3.63) is 30.3 Å². The van der Waals surface area contributed by atoms with Crippen molar-refractivity contribution in [3.63, 3.8) is 0 Å². The Hall–Kier alpha value is -0.623. The molecule has 0 saturated heterocycles. The van der Waals surface area contributed by atoms with E-state index >= 15 is 0 Å². The van der Waals surface area contributed by atoms with Crippen molar-refractivity contribution >= 4 is 25.2 Å². The molecular weight excluding hydrogens is 324 g/mol. The van der Waals surface area contributed by atoms with E-state index in [4.69, 9.17) is 4.43 Å². The Bertz CT molecular complexity index is 497. The highest BCUT2D eigenvalue weighted by molar-refractivity contribution is 8.13. The van der Waals surface area contributed by atoms with E-state index in [0.717, 1.165) is 23.1 Å². The lowest BCUT2D eigenvalue weighted by Gasteiger charge is -2.39. The van der Waals surface area contributed by atoms with Gasteiger partial charge in [-0.15, -0.1) is 0 Å². The fourth-order valence-electron chi connectivity index (χ4n) is 1.89. The van der Waals surface area contributed by atoms with Crippen LogP contribution in [0.25, 0.3) is 0 Å². The fraction of sp³-hybridized carbons (Fsp3) is 0.611. The normalized spacial score (nSPS) is 15.3. The SMILES string of the molecule is CCC[C@@H](O)[C@H](O[Si](C)(C)C(C)(C)C)C(=O)Sc1ccccc1. The minimum Gasteiger partial charge on any atom is -0.404 e. The highest BCUT2D eigenvalue weighted by Crippen LogP contribution is 2.38. The molecule has 0 bridgehead atoms. The zero-order chi connectivity index (χ0) is 17.7. The van der Waals surface area contributed by atoms with Gasteiger partial charge in [-0.25, -0.2) is 0 Å². The largest absolute Gasteiger partial charge is 0.404 e. The van der Waals surface area contributed by atoms with Crippen molar-refractivity contribution in [1.82, 2.24) is 0 Å². The van der Waals surface area contributed by atoms with Crippen LogP contribution in [0.15, 0.2) is 35.2 Å². The maximum absolute atomic E-state index is 12.7. The number of carbonyl (C=O) groups excluding carboxylic acids is 1. The predicted octanol–water partition coefficient (Wildman–Crippen LogP) is 4.86. The third kappa shape index (κ3) is 6.07. The molecule has 1 aromatic carbocycles. The molecule has 0 unspecified atom stereocenters. The Labute approximate surface area is 146 Å². The second-order valence-electron chi connectivity index (χ2n) is 7.39. The molecule has 0 aromatic heterocycles. The van der Waals surface area contributed by atoms with E-state index in [9.17, 15) is 9.90 Å². The summed E-state index contributed by atoms with van der Waals surface area (Å²) >= 11 is 1.16. The summed E-state index contributed by atoms with van der Waals surface area (Å²) < 4.78 is 6.27. The van der Waals surface area contributed by atoms with Gasteiger partial charge in [0, 0.05) is 4.90 Å². The zero-order valence-electron chi connectivity index (χ0n) is 15.1. The van der Waals surface area contributed by atoms with Crippen LogP contribution in [0, 0.1) is 0 Å². The monoisotopic (exact) mass is 354 g/mol. The Morgan fingerprint density at radius 3 is 2.30 bits per heavy atom. The molecule has 0 spiro atoms. The van der Waals surface area contributed by atoms with Crippen LogP contribution in [0.4, 0.5) is 0 Å². The summed E-state index contributed by atoms with van der Waals surface area (Å²) in [7, 11) is -2.13. The van der Waals surface area contributed by atoms with Crippen LogP contribution in [0.2, 0.25) is 18.1 Å². The Morgan fingerprint density at radius 1 is 1.26 bits per heavy atom. The molecule has 3 nitrogen and oxygen atoms in total. The van der Waals surface area contributed by atoms with E-state index in [1.54, 1.807) is 0 Å². The molecule has 1 aromatic rings. The molecule has 0 aliphatic carbocycles. The summed E-state index contributed by atoms with van der Waals surface area (Å²) in [5, 5.41) is 10.3. The molecule has 0 fully saturated rings. The van der Waals surface area contributed by atoms with Gasteiger partial charge in [0.25, 0.3) is 0 Å². The van der Waals surface area contributed by atoms with Gasteiger partial charge in [-0.1, -0.05) is 52.3 Å². The Balaban J connectivity index is 2.94. The summed E-state index contributed by atoms with van der Waals surface area (Å²) in [6.45, 7) is 12.6. The maximum atomic E-state index is 12.7. The van der Waals surface area contributed by atoms with Crippen LogP contribution in [0.1, 0.15) is 40.5 Å². The predicted molar refractivity (Wildman–Crippen MR) is 100 cm³/mol. The van der Waals surface area contributed by atoms with Gasteiger partial charge in [0.15, 0.2) is 8.32 Å². The first-order valence-corrected chi connectivity index (χ1v) is 11.9. The minimum absolute atomic E-state index is 0.00508. The second kappa shape index (κ2) is 8.47. The molecule has 2 atom stereocenters. The quantitative estimate of drug-likeness (QED) is 0.561. The number of carbonyl (C=O) groups is 1. The zero-order valence-corrected chi connectivity index (χ0v) is 16.9. The molecule has 0 aliphatic rings. The summed E-state index contributed by atoms with van der Waals surface area (Å²) in [4.78, 5) is 13.6. The molecule has 5 heteroatoms. The van der Waals surface area contributed by atoms with E-state index in [2.05, 4.69) is 33.9 Å². The van der Waals surface area contributed by atoms with Gasteiger partial charge in [0.1, 0.15) is 6.10 Å². The molecule has 1 rings (SSSR count). The van der Waals surface area contributed by atoms with Crippen LogP contribution in [0.5, 0.6) is 0 Å². The number of aliphatic hydroxyl groups excluding tert-OH is 1. The van der Waals surface area contributed by atoms with E-state index in [0.29, 0.717) is 6.42 Å². The van der Waals surface area contributed by atoms with Crippen molar-refractivity contribution in [2.75, 3.05) is 0 Å². The van der Waals surface area contributed by atoms with Crippen molar-refractivity contribution < 1.29 is 14.3 Å². The lowest BCUT2D eigenvalue weighted by atomic mass is 10.1. The van der Waals surface area contributed by atoms with E-state index in [-0.39, 0.29) is 10.2 Å². The standard InChI is InChI=1S/C18H30O3SSi/c1-7-11-15(19)16(21-23(5,6)18(2,3)4)17(20)22-14-12-9-8-10-13-14/h8-10,12-13,15-16,19H,7,11H2,1-6H3/t15-,16+/m1/s1. The molecule has 0 radical (unpaired) electrons. The number of rotatable bonds is 7. The summed E-state index contributed by atoms with van der Waals surface area (Å²) in [6.07, 6.45) is -0.124. The van der Waals surface area contributed by atoms with Crippen molar-refractivity contribution in [3.8, 4) is 0 Å². The van der Waals surface area contributed by atoms with Crippen molar-refractivity contribution in [2.45, 2.75) is 75.8 Å². The molecular formula is C18H30O3SSi. The van der Waals surface area contributed by atoms with Gasteiger partial charge in [-0.2, -0.15) is 0 Å². The molecule has 0 aliphatic heterocycles. The molecule has 0 heterocycles. The number of hydrogen-bond donors (Lipinski definition) is 1. The van der Waals surface area contributed by atoms with Crippen LogP contribution in [-0.4, -0.2) is 30.7 Å². The second-order valence-corrected chi connectivity index (χ2v) is 13.2. The topological polar surface area (TPSA) is 46.5 Å². The third-order valence-electron chi connectivity index (χ3n) is 4.36. The molecule has 0 amide bonds. The van der Waals surface area contributed by atoms with Gasteiger partial charge >= 0.3 is 0 Å².